The zero-order valence-corrected chi connectivity index (χ0v) is 17.6. The zero-order valence-electron chi connectivity index (χ0n) is 15.3. The van der Waals surface area contributed by atoms with Gasteiger partial charge in [0.05, 0.1) is 29.8 Å². The van der Waals surface area contributed by atoms with Gasteiger partial charge in [-0.3, -0.25) is 9.78 Å². The summed E-state index contributed by atoms with van der Waals surface area (Å²) < 4.78 is 0. The van der Waals surface area contributed by atoms with Crippen LogP contribution in [0.5, 0.6) is 0 Å². The number of carbonyl (C=O) groups is 1. The van der Waals surface area contributed by atoms with Crippen molar-refractivity contribution >= 4 is 40.7 Å². The second-order valence-corrected chi connectivity index (χ2v) is 8.41. The Labute approximate surface area is 179 Å². The quantitative estimate of drug-likeness (QED) is 0.578. The Morgan fingerprint density at radius 2 is 2.07 bits per heavy atom. The summed E-state index contributed by atoms with van der Waals surface area (Å²) in [5, 5.41) is 10.5. The lowest BCUT2D eigenvalue weighted by molar-refractivity contribution is 0.0683. The van der Waals surface area contributed by atoms with Crippen molar-refractivity contribution in [3.63, 3.8) is 0 Å². The number of pyridine rings is 1. The van der Waals surface area contributed by atoms with Gasteiger partial charge >= 0.3 is 0 Å². The Bertz CT molecular complexity index is 1010. The number of hydrogen-bond acceptors (Lipinski definition) is 3. The number of alkyl halides is 1. The SMILES string of the molecule is Cc1nc2c(c(-c3ccc(Cl)cc3Cl)c1CCl)C(=O)N([C@H]1CCC[C@H]1C#N)C2. The molecule has 1 fully saturated rings. The first-order valence-electron chi connectivity index (χ1n) is 9.20. The minimum Gasteiger partial charge on any atom is -0.328 e. The Kier molecular flexibility index (Phi) is 5.26. The van der Waals surface area contributed by atoms with Gasteiger partial charge < -0.3 is 4.90 Å². The summed E-state index contributed by atoms with van der Waals surface area (Å²) >= 11 is 18.8. The number of halogens is 3. The topological polar surface area (TPSA) is 57.0 Å². The first-order valence-corrected chi connectivity index (χ1v) is 10.5. The summed E-state index contributed by atoms with van der Waals surface area (Å²) in [5.74, 6) is -0.00533. The van der Waals surface area contributed by atoms with Gasteiger partial charge in [0, 0.05) is 38.8 Å². The summed E-state index contributed by atoms with van der Waals surface area (Å²) in [4.78, 5) is 20.0. The van der Waals surface area contributed by atoms with E-state index in [0.717, 1.165) is 47.3 Å². The van der Waals surface area contributed by atoms with E-state index >= 15 is 0 Å². The predicted octanol–water partition coefficient (Wildman–Crippen LogP) is 5.75. The van der Waals surface area contributed by atoms with E-state index in [0.29, 0.717) is 22.2 Å². The van der Waals surface area contributed by atoms with Crippen LogP contribution in [-0.2, 0) is 12.4 Å². The molecule has 4 nitrogen and oxygen atoms in total. The van der Waals surface area contributed by atoms with Crippen LogP contribution < -0.4 is 0 Å². The molecule has 0 saturated heterocycles. The van der Waals surface area contributed by atoms with Gasteiger partial charge in [-0.2, -0.15) is 5.26 Å². The second-order valence-electron chi connectivity index (χ2n) is 7.30. The van der Waals surface area contributed by atoms with Crippen molar-refractivity contribution in [2.45, 2.75) is 44.7 Å². The van der Waals surface area contributed by atoms with Crippen molar-refractivity contribution in [3.05, 3.63) is 50.8 Å². The maximum Gasteiger partial charge on any atom is 0.257 e. The summed E-state index contributed by atoms with van der Waals surface area (Å²) in [5.41, 5.74) is 4.31. The summed E-state index contributed by atoms with van der Waals surface area (Å²) in [6.45, 7) is 2.31. The number of amides is 1. The molecule has 28 heavy (non-hydrogen) atoms. The lowest BCUT2D eigenvalue weighted by Gasteiger charge is -2.26. The molecule has 0 unspecified atom stereocenters. The van der Waals surface area contributed by atoms with Crippen LogP contribution in [0.15, 0.2) is 18.2 Å². The van der Waals surface area contributed by atoms with Crippen LogP contribution in [0, 0.1) is 24.2 Å². The van der Waals surface area contributed by atoms with Crippen LogP contribution >= 0.6 is 34.8 Å². The van der Waals surface area contributed by atoms with Crippen molar-refractivity contribution in [2.24, 2.45) is 5.92 Å². The Morgan fingerprint density at radius 3 is 2.75 bits per heavy atom. The highest BCUT2D eigenvalue weighted by molar-refractivity contribution is 6.36. The number of carbonyl (C=O) groups excluding carboxylic acids is 1. The number of benzene rings is 1. The molecule has 0 bridgehead atoms. The molecule has 4 rings (SSSR count). The minimum atomic E-state index is -0.130. The van der Waals surface area contributed by atoms with E-state index < -0.39 is 0 Å². The fraction of sp³-hybridized carbons (Fsp3) is 0.381. The normalized spacial score (nSPS) is 21.1. The van der Waals surface area contributed by atoms with E-state index in [1.807, 2.05) is 17.9 Å². The van der Waals surface area contributed by atoms with Gasteiger partial charge in [0.25, 0.3) is 5.91 Å². The van der Waals surface area contributed by atoms with Crippen molar-refractivity contribution in [1.29, 1.82) is 5.26 Å². The Balaban J connectivity index is 1.89. The summed E-state index contributed by atoms with van der Waals surface area (Å²) in [6, 6.07) is 7.53. The van der Waals surface area contributed by atoms with Crippen LogP contribution in [0.2, 0.25) is 10.0 Å². The van der Waals surface area contributed by atoms with E-state index in [-0.39, 0.29) is 23.7 Å². The molecule has 0 N–H and O–H groups in total. The maximum atomic E-state index is 13.5. The molecular weight excluding hydrogens is 417 g/mol. The first-order chi connectivity index (χ1) is 13.5. The molecule has 2 aliphatic rings. The van der Waals surface area contributed by atoms with Crippen LogP contribution in [0.25, 0.3) is 11.1 Å². The molecule has 2 atom stereocenters. The first kappa shape index (κ1) is 19.5. The number of nitriles is 1. The molecule has 1 saturated carbocycles. The zero-order chi connectivity index (χ0) is 20.0. The van der Waals surface area contributed by atoms with E-state index in [2.05, 4.69) is 11.1 Å². The van der Waals surface area contributed by atoms with Gasteiger partial charge in [0.2, 0.25) is 0 Å². The molecule has 2 aromatic rings. The maximum absolute atomic E-state index is 13.5. The predicted molar refractivity (Wildman–Crippen MR) is 111 cm³/mol. The van der Waals surface area contributed by atoms with E-state index in [1.165, 1.54) is 0 Å². The lowest BCUT2D eigenvalue weighted by Crippen LogP contribution is -2.37. The van der Waals surface area contributed by atoms with Crippen molar-refractivity contribution in [2.75, 3.05) is 0 Å². The molecule has 2 heterocycles. The molecule has 144 valence electrons. The average Bonchev–Trinajstić information content (AvgIpc) is 3.25. The van der Waals surface area contributed by atoms with Crippen molar-refractivity contribution < 1.29 is 4.79 Å². The average molecular weight is 435 g/mol. The third-order valence-corrected chi connectivity index (χ3v) is 6.57. The van der Waals surface area contributed by atoms with Crippen LogP contribution in [0.3, 0.4) is 0 Å². The Hall–Kier alpha value is -1.80. The Morgan fingerprint density at radius 1 is 1.29 bits per heavy atom. The van der Waals surface area contributed by atoms with Gasteiger partial charge in [-0.25, -0.2) is 0 Å². The standard InChI is InChI=1S/C21H18Cl3N3O/c1-11-15(8-22)19(14-6-5-13(23)7-16(14)24)20-17(26-11)10-27(21(20)28)18-4-2-3-12(18)9-25/h5-7,12,18H,2-4,8,10H2,1H3/t12-,18-/m0/s1. The number of aryl methyl sites for hydroxylation is 1. The van der Waals surface area contributed by atoms with Crippen LogP contribution in [0.4, 0.5) is 0 Å². The molecule has 1 aromatic carbocycles. The number of fused-ring (bicyclic) bond motifs is 1. The molecule has 7 heteroatoms. The van der Waals surface area contributed by atoms with Gasteiger partial charge in [-0.1, -0.05) is 29.3 Å². The van der Waals surface area contributed by atoms with Gasteiger partial charge in [-0.15, -0.1) is 11.6 Å². The highest BCUT2D eigenvalue weighted by Crippen LogP contribution is 2.42. The molecule has 1 aliphatic heterocycles. The number of nitrogens with zero attached hydrogens (tertiary/aromatic N) is 3. The molecule has 1 aliphatic carbocycles. The monoisotopic (exact) mass is 433 g/mol. The summed E-state index contributed by atoms with van der Waals surface area (Å²) in [6.07, 6.45) is 2.63. The van der Waals surface area contributed by atoms with Gasteiger partial charge in [0.15, 0.2) is 0 Å². The molecule has 1 aromatic heterocycles. The fourth-order valence-corrected chi connectivity index (χ4v) is 5.24. The largest absolute Gasteiger partial charge is 0.328 e. The van der Waals surface area contributed by atoms with Crippen molar-refractivity contribution in [1.82, 2.24) is 9.88 Å². The molecule has 0 radical (unpaired) electrons. The smallest absolute Gasteiger partial charge is 0.257 e. The number of rotatable bonds is 3. The fourth-order valence-electron chi connectivity index (χ4n) is 4.41. The third-order valence-electron chi connectivity index (χ3n) is 5.75. The van der Waals surface area contributed by atoms with E-state index in [9.17, 15) is 10.1 Å². The number of hydrogen-bond donors (Lipinski definition) is 0. The number of aromatic nitrogens is 1. The van der Waals surface area contributed by atoms with Crippen molar-refractivity contribution in [3.8, 4) is 17.2 Å². The van der Waals surface area contributed by atoms with Gasteiger partial charge in [-0.05, 0) is 43.9 Å². The third kappa shape index (κ3) is 3.06. The minimum absolute atomic E-state index is 0.0694. The lowest BCUT2D eigenvalue weighted by atomic mass is 9.93. The molecule has 0 spiro atoms. The second kappa shape index (κ2) is 7.55. The van der Waals surface area contributed by atoms with Crippen LogP contribution in [-0.4, -0.2) is 21.8 Å². The van der Waals surface area contributed by atoms with E-state index in [1.54, 1.807) is 12.1 Å². The molecule has 1 amide bonds. The van der Waals surface area contributed by atoms with Crippen LogP contribution in [0.1, 0.15) is 46.6 Å². The van der Waals surface area contributed by atoms with Gasteiger partial charge in [0.1, 0.15) is 0 Å². The molecular formula is C21H18Cl3N3O. The highest BCUT2D eigenvalue weighted by Gasteiger charge is 2.42. The highest BCUT2D eigenvalue weighted by atomic mass is 35.5. The summed E-state index contributed by atoms with van der Waals surface area (Å²) in [7, 11) is 0. The van der Waals surface area contributed by atoms with E-state index in [4.69, 9.17) is 34.8 Å².